The molecule has 100 valence electrons. The average Bonchev–Trinajstić information content (AvgIpc) is 2.42. The first-order valence-corrected chi connectivity index (χ1v) is 6.96. The molecular weight excluding hydrogens is 232 g/mol. The summed E-state index contributed by atoms with van der Waals surface area (Å²) in [5, 5.41) is 3.63. The fourth-order valence-corrected chi connectivity index (χ4v) is 2.32. The maximum atomic E-state index is 4.52. The van der Waals surface area contributed by atoms with Gasteiger partial charge in [0.1, 0.15) is 0 Å². The summed E-state index contributed by atoms with van der Waals surface area (Å²) in [5.74, 6) is 0. The number of hydrogen-bond acceptors (Lipinski definition) is 2. The number of benzene rings is 1. The molecule has 2 nitrogen and oxygen atoms in total. The Balaban J connectivity index is 2.21. The maximum absolute atomic E-state index is 4.52. The summed E-state index contributed by atoms with van der Waals surface area (Å²) < 4.78 is 0. The molecule has 2 aromatic rings. The Kier molecular flexibility index (Phi) is 4.56. The van der Waals surface area contributed by atoms with Crippen LogP contribution in [0.1, 0.15) is 42.8 Å². The van der Waals surface area contributed by atoms with Crippen LogP contribution in [-0.2, 0) is 0 Å². The van der Waals surface area contributed by atoms with Crippen LogP contribution in [-0.4, -0.2) is 4.98 Å². The molecule has 0 spiro atoms. The fourth-order valence-electron chi connectivity index (χ4n) is 2.32. The zero-order valence-electron chi connectivity index (χ0n) is 12.0. The second kappa shape index (κ2) is 6.37. The highest BCUT2D eigenvalue weighted by atomic mass is 14.9. The van der Waals surface area contributed by atoms with Crippen LogP contribution >= 0.6 is 0 Å². The molecule has 0 aliphatic heterocycles. The van der Waals surface area contributed by atoms with Gasteiger partial charge in [0.05, 0.1) is 17.4 Å². The van der Waals surface area contributed by atoms with Gasteiger partial charge in [-0.25, -0.2) is 0 Å². The number of aryl methyl sites for hydroxylation is 2. The minimum atomic E-state index is 0.356. The summed E-state index contributed by atoms with van der Waals surface area (Å²) in [6.45, 7) is 6.30. The topological polar surface area (TPSA) is 24.9 Å². The first-order chi connectivity index (χ1) is 9.20. The monoisotopic (exact) mass is 254 g/mol. The summed E-state index contributed by atoms with van der Waals surface area (Å²) in [6, 6.07) is 15.2. The third-order valence-corrected chi connectivity index (χ3v) is 3.33. The van der Waals surface area contributed by atoms with E-state index in [9.17, 15) is 0 Å². The molecule has 0 fully saturated rings. The van der Waals surface area contributed by atoms with Crippen LogP contribution < -0.4 is 5.32 Å². The maximum Gasteiger partial charge on any atom is 0.0607 e. The van der Waals surface area contributed by atoms with Gasteiger partial charge in [0.15, 0.2) is 0 Å². The third kappa shape index (κ3) is 3.57. The summed E-state index contributed by atoms with van der Waals surface area (Å²) in [6.07, 6.45) is 2.28. The van der Waals surface area contributed by atoms with Gasteiger partial charge < -0.3 is 5.32 Å². The summed E-state index contributed by atoms with van der Waals surface area (Å²) in [7, 11) is 0. The van der Waals surface area contributed by atoms with E-state index in [0.717, 1.165) is 29.9 Å². The Hall–Kier alpha value is -1.83. The first kappa shape index (κ1) is 13.6. The van der Waals surface area contributed by atoms with Gasteiger partial charge in [-0.15, -0.1) is 0 Å². The summed E-state index contributed by atoms with van der Waals surface area (Å²) >= 11 is 0. The van der Waals surface area contributed by atoms with Crippen molar-refractivity contribution in [3.8, 4) is 0 Å². The normalized spacial score (nSPS) is 12.2. The lowest BCUT2D eigenvalue weighted by Crippen LogP contribution is -2.12. The number of pyridine rings is 1. The quantitative estimate of drug-likeness (QED) is 0.840. The van der Waals surface area contributed by atoms with Crippen LogP contribution in [0.5, 0.6) is 0 Å². The highest BCUT2D eigenvalue weighted by Crippen LogP contribution is 2.25. The number of nitrogens with zero attached hydrogens (tertiary/aromatic N) is 1. The van der Waals surface area contributed by atoms with E-state index >= 15 is 0 Å². The molecule has 0 saturated carbocycles. The molecule has 19 heavy (non-hydrogen) atoms. The Labute approximate surface area is 115 Å². The minimum Gasteiger partial charge on any atom is -0.377 e. The molecule has 0 radical (unpaired) electrons. The number of rotatable bonds is 5. The molecule has 1 atom stereocenters. The molecule has 1 heterocycles. The van der Waals surface area contributed by atoms with Gasteiger partial charge >= 0.3 is 0 Å². The zero-order valence-corrected chi connectivity index (χ0v) is 12.0. The van der Waals surface area contributed by atoms with E-state index in [-0.39, 0.29) is 0 Å². The van der Waals surface area contributed by atoms with Gasteiger partial charge in [-0.05, 0) is 38.0 Å². The lowest BCUT2D eigenvalue weighted by molar-refractivity contribution is 0.676. The number of hydrogen-bond donors (Lipinski definition) is 1. The van der Waals surface area contributed by atoms with Gasteiger partial charge in [-0.1, -0.05) is 43.7 Å². The molecule has 0 aliphatic carbocycles. The van der Waals surface area contributed by atoms with Crippen molar-refractivity contribution in [2.45, 2.75) is 39.7 Å². The van der Waals surface area contributed by atoms with Crippen molar-refractivity contribution in [3.05, 3.63) is 59.4 Å². The van der Waals surface area contributed by atoms with Gasteiger partial charge in [0, 0.05) is 5.69 Å². The molecule has 0 saturated heterocycles. The van der Waals surface area contributed by atoms with Crippen LogP contribution in [0.25, 0.3) is 0 Å². The van der Waals surface area contributed by atoms with Crippen LogP contribution in [0.2, 0.25) is 0 Å². The van der Waals surface area contributed by atoms with Crippen molar-refractivity contribution in [2.24, 2.45) is 0 Å². The van der Waals surface area contributed by atoms with Crippen molar-refractivity contribution in [2.75, 3.05) is 5.32 Å². The molecule has 1 aromatic carbocycles. The molecule has 0 aliphatic rings. The van der Waals surface area contributed by atoms with Crippen molar-refractivity contribution >= 4 is 5.69 Å². The van der Waals surface area contributed by atoms with Gasteiger partial charge in [-0.2, -0.15) is 0 Å². The molecule has 0 amide bonds. The Morgan fingerprint density at radius 3 is 2.42 bits per heavy atom. The van der Waals surface area contributed by atoms with Gasteiger partial charge in [0.25, 0.3) is 0 Å². The Bertz CT molecular complexity index is 520. The number of nitrogens with one attached hydrogen (secondary N) is 1. The van der Waals surface area contributed by atoms with E-state index in [1.54, 1.807) is 0 Å². The summed E-state index contributed by atoms with van der Waals surface area (Å²) in [4.78, 5) is 4.52. The van der Waals surface area contributed by atoms with Crippen molar-refractivity contribution < 1.29 is 0 Å². The number of anilines is 1. The van der Waals surface area contributed by atoms with E-state index in [4.69, 9.17) is 0 Å². The van der Waals surface area contributed by atoms with E-state index in [2.05, 4.69) is 66.6 Å². The molecule has 1 N–H and O–H groups in total. The third-order valence-electron chi connectivity index (χ3n) is 3.33. The van der Waals surface area contributed by atoms with E-state index in [1.807, 2.05) is 6.92 Å². The molecule has 1 aromatic heterocycles. The summed E-state index contributed by atoms with van der Waals surface area (Å²) in [5.41, 5.74) is 4.60. The Morgan fingerprint density at radius 1 is 1.05 bits per heavy atom. The van der Waals surface area contributed by atoms with Crippen molar-refractivity contribution in [1.29, 1.82) is 0 Å². The van der Waals surface area contributed by atoms with E-state index in [0.29, 0.717) is 6.04 Å². The minimum absolute atomic E-state index is 0.356. The van der Waals surface area contributed by atoms with Crippen LogP contribution in [0.15, 0.2) is 42.5 Å². The highest BCUT2D eigenvalue weighted by Gasteiger charge is 2.11. The zero-order chi connectivity index (χ0) is 13.7. The second-order valence-electron chi connectivity index (χ2n) is 4.98. The molecule has 2 heteroatoms. The standard InChI is InChI=1S/C17H22N2/c1-4-8-17(15-9-6-5-7-10-15)19-16-12-11-13(2)18-14(16)3/h5-7,9-12,17,19H,4,8H2,1-3H3. The van der Waals surface area contributed by atoms with Gasteiger partial charge in [-0.3, -0.25) is 4.98 Å². The molecule has 1 unspecified atom stereocenters. The van der Waals surface area contributed by atoms with E-state index < -0.39 is 0 Å². The van der Waals surface area contributed by atoms with Gasteiger partial charge in [0.2, 0.25) is 0 Å². The Morgan fingerprint density at radius 2 is 1.79 bits per heavy atom. The fraction of sp³-hybridized carbons (Fsp3) is 0.353. The lowest BCUT2D eigenvalue weighted by atomic mass is 10.0. The lowest BCUT2D eigenvalue weighted by Gasteiger charge is -2.21. The van der Waals surface area contributed by atoms with Crippen molar-refractivity contribution in [3.63, 3.8) is 0 Å². The van der Waals surface area contributed by atoms with E-state index in [1.165, 1.54) is 5.56 Å². The molecule has 2 rings (SSSR count). The SMILES string of the molecule is CCCC(Nc1ccc(C)nc1C)c1ccccc1. The highest BCUT2D eigenvalue weighted by molar-refractivity contribution is 5.49. The average molecular weight is 254 g/mol. The molecular formula is C17H22N2. The van der Waals surface area contributed by atoms with Crippen LogP contribution in [0, 0.1) is 13.8 Å². The van der Waals surface area contributed by atoms with Crippen LogP contribution in [0.3, 0.4) is 0 Å². The first-order valence-electron chi connectivity index (χ1n) is 6.96. The smallest absolute Gasteiger partial charge is 0.0607 e. The molecule has 0 bridgehead atoms. The second-order valence-corrected chi connectivity index (χ2v) is 4.98. The number of aromatic nitrogens is 1. The predicted molar refractivity (Wildman–Crippen MR) is 81.4 cm³/mol. The van der Waals surface area contributed by atoms with Crippen LogP contribution in [0.4, 0.5) is 5.69 Å². The van der Waals surface area contributed by atoms with Crippen molar-refractivity contribution in [1.82, 2.24) is 4.98 Å². The largest absolute Gasteiger partial charge is 0.377 e. The predicted octanol–water partition coefficient (Wildman–Crippen LogP) is 4.65.